The number of amides is 1. The number of hydrogen-bond acceptors (Lipinski definition) is 3. The van der Waals surface area contributed by atoms with Crippen LogP contribution in [0.4, 0.5) is 5.69 Å². The summed E-state index contributed by atoms with van der Waals surface area (Å²) in [5, 5.41) is 2.92. The third kappa shape index (κ3) is 5.29. The second-order valence-electron chi connectivity index (χ2n) is 6.98. The minimum Gasteiger partial charge on any atom is -0.496 e. The number of benzene rings is 3. The van der Waals surface area contributed by atoms with Crippen LogP contribution < -0.4 is 14.8 Å². The monoisotopic (exact) mass is 501 g/mol. The van der Waals surface area contributed by atoms with E-state index in [0.717, 1.165) is 31.7 Å². The Labute approximate surface area is 185 Å². The summed E-state index contributed by atoms with van der Waals surface area (Å²) in [5.74, 6) is 1.37. The molecule has 0 aliphatic heterocycles. The molecule has 3 aromatic carbocycles. The van der Waals surface area contributed by atoms with Crippen LogP contribution in [0.2, 0.25) is 0 Å². The molecule has 0 aliphatic rings. The Morgan fingerprint density at radius 1 is 0.966 bits per heavy atom. The molecule has 1 amide bonds. The Bertz CT molecular complexity index is 1030. The van der Waals surface area contributed by atoms with Gasteiger partial charge in [-0.1, -0.05) is 6.07 Å². The molecule has 0 heterocycles. The normalized spacial score (nSPS) is 10.5. The molecule has 0 radical (unpaired) electrons. The minimum atomic E-state index is -0.169. The molecule has 0 spiro atoms. The Balaban J connectivity index is 1.80. The fraction of sp³-hybridized carbons (Fsp3) is 0.208. The fourth-order valence-electron chi connectivity index (χ4n) is 3.08. The van der Waals surface area contributed by atoms with Crippen molar-refractivity contribution >= 4 is 34.2 Å². The Morgan fingerprint density at radius 3 is 2.38 bits per heavy atom. The van der Waals surface area contributed by atoms with Crippen molar-refractivity contribution in [1.82, 2.24) is 0 Å². The van der Waals surface area contributed by atoms with E-state index in [1.165, 1.54) is 5.56 Å². The van der Waals surface area contributed by atoms with E-state index in [0.29, 0.717) is 17.9 Å². The second kappa shape index (κ2) is 9.31. The lowest BCUT2D eigenvalue weighted by Crippen LogP contribution is -2.13. The molecule has 150 valence electrons. The van der Waals surface area contributed by atoms with E-state index in [1.807, 2.05) is 43.3 Å². The largest absolute Gasteiger partial charge is 0.496 e. The zero-order chi connectivity index (χ0) is 21.0. The van der Waals surface area contributed by atoms with Gasteiger partial charge < -0.3 is 14.8 Å². The smallest absolute Gasteiger partial charge is 0.255 e. The molecule has 0 saturated carbocycles. The van der Waals surface area contributed by atoms with Crippen molar-refractivity contribution in [2.24, 2.45) is 0 Å². The Morgan fingerprint density at radius 2 is 1.69 bits per heavy atom. The van der Waals surface area contributed by atoms with Gasteiger partial charge in [-0.3, -0.25) is 4.79 Å². The minimum absolute atomic E-state index is 0.169. The van der Waals surface area contributed by atoms with Crippen LogP contribution in [-0.2, 0) is 6.61 Å². The van der Waals surface area contributed by atoms with Gasteiger partial charge in [-0.05, 0) is 109 Å². The predicted molar refractivity (Wildman–Crippen MR) is 125 cm³/mol. The van der Waals surface area contributed by atoms with Crippen LogP contribution in [0.1, 0.15) is 32.6 Å². The number of anilines is 1. The molecule has 29 heavy (non-hydrogen) atoms. The van der Waals surface area contributed by atoms with Gasteiger partial charge in [0.25, 0.3) is 5.91 Å². The highest BCUT2D eigenvalue weighted by molar-refractivity contribution is 14.1. The van der Waals surface area contributed by atoms with Gasteiger partial charge in [0, 0.05) is 20.4 Å². The first-order chi connectivity index (χ1) is 13.9. The van der Waals surface area contributed by atoms with Gasteiger partial charge in [-0.25, -0.2) is 0 Å². The molecule has 0 aliphatic carbocycles. The van der Waals surface area contributed by atoms with Crippen LogP contribution in [0.15, 0.2) is 54.6 Å². The number of nitrogens with one attached hydrogen (secondary N) is 1. The summed E-state index contributed by atoms with van der Waals surface area (Å²) in [6, 6.07) is 17.2. The van der Waals surface area contributed by atoms with E-state index in [4.69, 9.17) is 9.47 Å². The number of halogens is 1. The SMILES string of the molecule is COc1ccc(C(=O)Nc2ccc(I)cc2)cc1COc1cc(C)cc(C)c1C. The van der Waals surface area contributed by atoms with Crippen molar-refractivity contribution < 1.29 is 14.3 Å². The first-order valence-corrected chi connectivity index (χ1v) is 10.4. The van der Waals surface area contributed by atoms with E-state index in [-0.39, 0.29) is 5.91 Å². The van der Waals surface area contributed by atoms with Crippen LogP contribution in [0.5, 0.6) is 11.5 Å². The van der Waals surface area contributed by atoms with Crippen LogP contribution in [0.3, 0.4) is 0 Å². The van der Waals surface area contributed by atoms with Gasteiger partial charge >= 0.3 is 0 Å². The van der Waals surface area contributed by atoms with Crippen molar-refractivity contribution in [3.63, 3.8) is 0 Å². The summed E-state index contributed by atoms with van der Waals surface area (Å²) in [7, 11) is 1.62. The van der Waals surface area contributed by atoms with Crippen molar-refractivity contribution in [2.75, 3.05) is 12.4 Å². The first-order valence-electron chi connectivity index (χ1n) is 9.32. The van der Waals surface area contributed by atoms with E-state index < -0.39 is 0 Å². The van der Waals surface area contributed by atoms with Gasteiger partial charge in [-0.15, -0.1) is 0 Å². The summed E-state index contributed by atoms with van der Waals surface area (Å²) >= 11 is 2.23. The summed E-state index contributed by atoms with van der Waals surface area (Å²) in [5.41, 5.74) is 5.59. The van der Waals surface area contributed by atoms with Crippen LogP contribution in [-0.4, -0.2) is 13.0 Å². The summed E-state index contributed by atoms with van der Waals surface area (Å²) in [6.07, 6.45) is 0. The van der Waals surface area contributed by atoms with Gasteiger partial charge in [0.15, 0.2) is 0 Å². The van der Waals surface area contributed by atoms with E-state index >= 15 is 0 Å². The van der Waals surface area contributed by atoms with Crippen molar-refractivity contribution in [1.29, 1.82) is 0 Å². The van der Waals surface area contributed by atoms with E-state index in [2.05, 4.69) is 47.8 Å². The Hall–Kier alpha value is -2.54. The zero-order valence-electron chi connectivity index (χ0n) is 17.0. The molecule has 0 bridgehead atoms. The maximum absolute atomic E-state index is 12.7. The maximum Gasteiger partial charge on any atom is 0.255 e. The molecular formula is C24H24INO3. The molecule has 1 N–H and O–H groups in total. The van der Waals surface area contributed by atoms with Crippen LogP contribution in [0.25, 0.3) is 0 Å². The molecule has 0 fully saturated rings. The average molecular weight is 501 g/mol. The summed E-state index contributed by atoms with van der Waals surface area (Å²) in [6.45, 7) is 6.49. The average Bonchev–Trinajstić information content (AvgIpc) is 2.71. The fourth-order valence-corrected chi connectivity index (χ4v) is 3.43. The molecule has 3 rings (SSSR count). The van der Waals surface area contributed by atoms with Crippen molar-refractivity contribution in [2.45, 2.75) is 27.4 Å². The molecule has 0 aromatic heterocycles. The molecule has 0 atom stereocenters. The lowest BCUT2D eigenvalue weighted by molar-refractivity contribution is 0.102. The standard InChI is InChI=1S/C24H24INO3/c1-15-11-16(2)17(3)23(12-15)29-14-19-13-18(5-10-22(19)28-4)24(27)26-21-8-6-20(25)7-9-21/h5-13H,14H2,1-4H3,(H,26,27). The highest BCUT2D eigenvalue weighted by atomic mass is 127. The number of ether oxygens (including phenoxy) is 2. The Kier molecular flexibility index (Phi) is 6.79. The van der Waals surface area contributed by atoms with Crippen LogP contribution >= 0.6 is 22.6 Å². The molecular weight excluding hydrogens is 477 g/mol. The highest BCUT2D eigenvalue weighted by Crippen LogP contribution is 2.27. The maximum atomic E-state index is 12.7. The van der Waals surface area contributed by atoms with Crippen molar-refractivity contribution in [3.05, 3.63) is 86.0 Å². The number of carbonyl (C=O) groups excluding carboxylic acids is 1. The number of rotatable bonds is 6. The number of methoxy groups -OCH3 is 1. The van der Waals surface area contributed by atoms with Gasteiger partial charge in [0.05, 0.1) is 7.11 Å². The molecule has 0 unspecified atom stereocenters. The van der Waals surface area contributed by atoms with Gasteiger partial charge in [0.1, 0.15) is 18.1 Å². The third-order valence-electron chi connectivity index (χ3n) is 4.79. The second-order valence-corrected chi connectivity index (χ2v) is 8.23. The summed E-state index contributed by atoms with van der Waals surface area (Å²) < 4.78 is 12.7. The van der Waals surface area contributed by atoms with Gasteiger partial charge in [-0.2, -0.15) is 0 Å². The van der Waals surface area contributed by atoms with E-state index in [1.54, 1.807) is 19.2 Å². The number of carbonyl (C=O) groups is 1. The molecule has 0 saturated heterocycles. The predicted octanol–water partition coefficient (Wildman–Crippen LogP) is 6.06. The molecule has 4 nitrogen and oxygen atoms in total. The zero-order valence-corrected chi connectivity index (χ0v) is 19.2. The number of aryl methyl sites for hydroxylation is 2. The van der Waals surface area contributed by atoms with E-state index in [9.17, 15) is 4.79 Å². The molecule has 5 heteroatoms. The lowest BCUT2D eigenvalue weighted by atomic mass is 10.1. The van der Waals surface area contributed by atoms with Crippen molar-refractivity contribution in [3.8, 4) is 11.5 Å². The molecule has 3 aromatic rings. The quantitative estimate of drug-likeness (QED) is 0.418. The topological polar surface area (TPSA) is 47.6 Å². The van der Waals surface area contributed by atoms with Crippen LogP contribution in [0, 0.1) is 24.3 Å². The summed E-state index contributed by atoms with van der Waals surface area (Å²) in [4.78, 5) is 12.7. The first kappa shape index (κ1) is 21.2. The number of hydrogen-bond donors (Lipinski definition) is 1. The highest BCUT2D eigenvalue weighted by Gasteiger charge is 2.12. The lowest BCUT2D eigenvalue weighted by Gasteiger charge is -2.15. The van der Waals surface area contributed by atoms with Gasteiger partial charge in [0.2, 0.25) is 0 Å². The third-order valence-corrected chi connectivity index (χ3v) is 5.51.